The number of carbonyl (C=O) groups excluding carboxylic acids is 1. The first-order valence-electron chi connectivity index (χ1n) is 9.57. The number of rotatable bonds is 7. The molecule has 0 bridgehead atoms. The van der Waals surface area contributed by atoms with E-state index < -0.39 is 6.36 Å². The molecule has 0 spiro atoms. The molecule has 7 nitrogen and oxygen atoms in total. The first-order valence-corrected chi connectivity index (χ1v) is 9.57. The molecule has 164 valence electrons. The summed E-state index contributed by atoms with van der Waals surface area (Å²) in [6, 6.07) is 10.8. The van der Waals surface area contributed by atoms with E-state index in [0.717, 1.165) is 17.1 Å². The zero-order valence-corrected chi connectivity index (χ0v) is 17.2. The van der Waals surface area contributed by atoms with Crippen LogP contribution in [0.4, 0.5) is 24.7 Å². The lowest BCUT2D eigenvalue weighted by Gasteiger charge is -2.10. The van der Waals surface area contributed by atoms with Gasteiger partial charge in [0, 0.05) is 35.8 Å². The van der Waals surface area contributed by atoms with Gasteiger partial charge >= 0.3 is 6.36 Å². The first kappa shape index (κ1) is 22.1. The predicted molar refractivity (Wildman–Crippen MR) is 110 cm³/mol. The molecule has 1 aromatic carbocycles. The van der Waals surface area contributed by atoms with E-state index in [-0.39, 0.29) is 18.1 Å². The number of nitrogens with one attached hydrogen (secondary N) is 2. The summed E-state index contributed by atoms with van der Waals surface area (Å²) >= 11 is 0. The molecule has 3 rings (SSSR count). The van der Waals surface area contributed by atoms with Crippen molar-refractivity contribution in [3.63, 3.8) is 0 Å². The molecule has 2 heterocycles. The lowest BCUT2D eigenvalue weighted by Crippen LogP contribution is -2.25. The van der Waals surface area contributed by atoms with Gasteiger partial charge < -0.3 is 15.4 Å². The van der Waals surface area contributed by atoms with Gasteiger partial charge in [-0.1, -0.05) is 6.07 Å². The number of hydrogen-bond donors (Lipinski definition) is 2. The topological polar surface area (TPSA) is 81.1 Å². The fourth-order valence-corrected chi connectivity index (χ4v) is 3.11. The monoisotopic (exact) mass is 433 g/mol. The highest BCUT2D eigenvalue weighted by Gasteiger charge is 2.31. The number of ether oxygens (including phenoxy) is 1. The maximum atomic E-state index is 12.5. The van der Waals surface area contributed by atoms with Gasteiger partial charge in [0.1, 0.15) is 5.75 Å². The van der Waals surface area contributed by atoms with Crippen LogP contribution in [0.25, 0.3) is 5.69 Å². The highest BCUT2D eigenvalue weighted by molar-refractivity contribution is 5.78. The van der Waals surface area contributed by atoms with Crippen molar-refractivity contribution in [2.24, 2.45) is 0 Å². The molecule has 10 heteroatoms. The molecule has 1 amide bonds. The third-order valence-corrected chi connectivity index (χ3v) is 4.15. The number of carbonyl (C=O) groups is 1. The van der Waals surface area contributed by atoms with Crippen LogP contribution in [0.2, 0.25) is 0 Å². The minimum Gasteiger partial charge on any atom is -0.406 e. The van der Waals surface area contributed by atoms with Gasteiger partial charge in [0.15, 0.2) is 5.82 Å². The fraction of sp³-hybridized carbons (Fsp3) is 0.286. The summed E-state index contributed by atoms with van der Waals surface area (Å²) in [5, 5.41) is 10.2. The SMILES string of the molecule is CCNC(=O)Cc1cc(Nc2cccc(OC(F)(F)F)c2)nn1-c1cc(C)nc(C)c1. The highest BCUT2D eigenvalue weighted by atomic mass is 19.4. The molecule has 0 aliphatic heterocycles. The Balaban J connectivity index is 1.93. The molecule has 2 N–H and O–H groups in total. The van der Waals surface area contributed by atoms with Gasteiger partial charge in [-0.2, -0.15) is 0 Å². The highest BCUT2D eigenvalue weighted by Crippen LogP contribution is 2.27. The van der Waals surface area contributed by atoms with E-state index in [0.29, 0.717) is 23.7 Å². The van der Waals surface area contributed by atoms with E-state index in [4.69, 9.17) is 0 Å². The molecule has 0 saturated heterocycles. The van der Waals surface area contributed by atoms with Crippen molar-refractivity contribution in [2.75, 3.05) is 11.9 Å². The minimum atomic E-state index is -4.78. The smallest absolute Gasteiger partial charge is 0.406 e. The number of pyridine rings is 1. The third-order valence-electron chi connectivity index (χ3n) is 4.15. The Bertz CT molecular complexity index is 1060. The predicted octanol–water partition coefficient (Wildman–Crippen LogP) is 4.20. The molecule has 0 atom stereocenters. The Morgan fingerprint density at radius 1 is 1.13 bits per heavy atom. The molecular formula is C21H22F3N5O2. The van der Waals surface area contributed by atoms with E-state index in [1.807, 2.05) is 32.9 Å². The second-order valence-corrected chi connectivity index (χ2v) is 6.87. The maximum absolute atomic E-state index is 12.5. The summed E-state index contributed by atoms with van der Waals surface area (Å²) in [5.41, 5.74) is 3.28. The summed E-state index contributed by atoms with van der Waals surface area (Å²) < 4.78 is 43.1. The van der Waals surface area contributed by atoms with E-state index >= 15 is 0 Å². The van der Waals surface area contributed by atoms with Crippen molar-refractivity contribution in [1.82, 2.24) is 20.1 Å². The summed E-state index contributed by atoms with van der Waals surface area (Å²) in [7, 11) is 0. The van der Waals surface area contributed by atoms with Crippen LogP contribution in [-0.2, 0) is 11.2 Å². The number of aryl methyl sites for hydroxylation is 2. The van der Waals surface area contributed by atoms with Gasteiger partial charge in [-0.15, -0.1) is 18.3 Å². The van der Waals surface area contributed by atoms with Crippen molar-refractivity contribution in [3.8, 4) is 11.4 Å². The average molecular weight is 433 g/mol. The van der Waals surface area contributed by atoms with E-state index in [1.165, 1.54) is 18.2 Å². The fourth-order valence-electron chi connectivity index (χ4n) is 3.11. The molecule has 0 radical (unpaired) electrons. The Kier molecular flexibility index (Phi) is 6.47. The molecule has 0 unspecified atom stereocenters. The van der Waals surface area contributed by atoms with Crippen molar-refractivity contribution in [1.29, 1.82) is 0 Å². The van der Waals surface area contributed by atoms with Crippen molar-refractivity contribution >= 4 is 17.4 Å². The van der Waals surface area contributed by atoms with Crippen LogP contribution in [0.3, 0.4) is 0 Å². The van der Waals surface area contributed by atoms with Gasteiger partial charge in [-0.05, 0) is 45.0 Å². The number of halogens is 3. The number of alkyl halides is 3. The zero-order chi connectivity index (χ0) is 22.6. The third kappa shape index (κ3) is 6.21. The zero-order valence-electron chi connectivity index (χ0n) is 17.2. The van der Waals surface area contributed by atoms with Crippen LogP contribution in [0.1, 0.15) is 24.0 Å². The van der Waals surface area contributed by atoms with Crippen molar-refractivity contribution in [2.45, 2.75) is 33.6 Å². The van der Waals surface area contributed by atoms with Gasteiger partial charge in [-0.3, -0.25) is 9.78 Å². The van der Waals surface area contributed by atoms with E-state index in [2.05, 4.69) is 25.5 Å². The number of aromatic nitrogens is 3. The number of anilines is 2. The Morgan fingerprint density at radius 2 is 1.84 bits per heavy atom. The van der Waals surface area contributed by atoms with Gasteiger partial charge in [0.2, 0.25) is 5.91 Å². The first-order chi connectivity index (χ1) is 14.6. The number of likely N-dealkylation sites (N-methyl/N-ethyl adjacent to an activating group) is 1. The van der Waals surface area contributed by atoms with Crippen LogP contribution < -0.4 is 15.4 Å². The molecule has 3 aromatic rings. The standard InChI is InChI=1S/C21H22F3N5O2/c1-4-25-20(30)12-17-11-19(28-29(17)16-8-13(2)26-14(3)9-16)27-15-6-5-7-18(10-15)31-21(22,23)24/h5-11H,4,12H2,1-3H3,(H,25,30)(H,27,28). The average Bonchev–Trinajstić information content (AvgIpc) is 3.02. The van der Waals surface area contributed by atoms with Crippen LogP contribution in [0.15, 0.2) is 42.5 Å². The van der Waals surface area contributed by atoms with Crippen molar-refractivity contribution < 1.29 is 22.7 Å². The molecule has 0 aliphatic carbocycles. The summed E-state index contributed by atoms with van der Waals surface area (Å²) in [6.45, 7) is 6.04. The second kappa shape index (κ2) is 9.07. The molecule has 2 aromatic heterocycles. The summed E-state index contributed by atoms with van der Waals surface area (Å²) in [4.78, 5) is 16.5. The Hall–Kier alpha value is -3.56. The number of hydrogen-bond acceptors (Lipinski definition) is 5. The quantitative estimate of drug-likeness (QED) is 0.584. The van der Waals surface area contributed by atoms with E-state index in [9.17, 15) is 18.0 Å². The van der Waals surface area contributed by atoms with Crippen LogP contribution in [-0.4, -0.2) is 33.6 Å². The van der Waals surface area contributed by atoms with Crippen LogP contribution in [0.5, 0.6) is 5.75 Å². The Labute approximate surface area is 177 Å². The molecule has 0 fully saturated rings. The number of nitrogens with zero attached hydrogens (tertiary/aromatic N) is 3. The molecular weight excluding hydrogens is 411 g/mol. The molecule has 0 aliphatic rings. The summed E-state index contributed by atoms with van der Waals surface area (Å²) in [6.07, 6.45) is -4.70. The number of benzene rings is 1. The van der Waals surface area contributed by atoms with Gasteiger partial charge in [0.05, 0.1) is 17.8 Å². The van der Waals surface area contributed by atoms with Crippen molar-refractivity contribution in [3.05, 3.63) is 59.5 Å². The number of amides is 1. The largest absolute Gasteiger partial charge is 0.573 e. The minimum absolute atomic E-state index is 0.0835. The molecule has 31 heavy (non-hydrogen) atoms. The lowest BCUT2D eigenvalue weighted by molar-refractivity contribution is -0.274. The lowest BCUT2D eigenvalue weighted by atomic mass is 10.2. The molecule has 0 saturated carbocycles. The van der Waals surface area contributed by atoms with Crippen LogP contribution in [0, 0.1) is 13.8 Å². The van der Waals surface area contributed by atoms with Gasteiger partial charge in [0.25, 0.3) is 0 Å². The normalized spacial score (nSPS) is 11.3. The van der Waals surface area contributed by atoms with Crippen LogP contribution >= 0.6 is 0 Å². The second-order valence-electron chi connectivity index (χ2n) is 6.87. The Morgan fingerprint density at radius 3 is 2.48 bits per heavy atom. The summed E-state index contributed by atoms with van der Waals surface area (Å²) in [5.74, 6) is -0.145. The van der Waals surface area contributed by atoms with Gasteiger partial charge in [-0.25, -0.2) is 4.68 Å². The maximum Gasteiger partial charge on any atom is 0.573 e. The van der Waals surface area contributed by atoms with E-state index in [1.54, 1.807) is 16.8 Å².